The van der Waals surface area contributed by atoms with Crippen molar-refractivity contribution in [1.82, 2.24) is 0 Å². The Kier molecular flexibility index (Phi) is 3.93. The minimum Gasteiger partial charge on any atom is -0.490 e. The first-order chi connectivity index (χ1) is 10.1. The predicted molar refractivity (Wildman–Crippen MR) is 79.5 cm³/mol. The van der Waals surface area contributed by atoms with Gasteiger partial charge in [0, 0.05) is 17.0 Å². The maximum atomic E-state index is 13.0. The van der Waals surface area contributed by atoms with Gasteiger partial charge in [-0.1, -0.05) is 17.7 Å². The van der Waals surface area contributed by atoms with Gasteiger partial charge in [-0.25, -0.2) is 4.39 Å². The average molecular weight is 305 g/mol. The van der Waals surface area contributed by atoms with Crippen LogP contribution in [0.3, 0.4) is 0 Å². The number of carbonyl (C=O) groups is 1. The molecule has 0 saturated heterocycles. The van der Waals surface area contributed by atoms with Gasteiger partial charge in [0.15, 0.2) is 5.78 Å². The third-order valence-corrected chi connectivity index (χ3v) is 3.72. The van der Waals surface area contributed by atoms with Crippen molar-refractivity contribution in [2.24, 2.45) is 0 Å². The number of ether oxygens (including phenoxy) is 1. The molecule has 0 spiro atoms. The van der Waals surface area contributed by atoms with E-state index in [1.165, 1.54) is 12.1 Å². The Morgan fingerprint density at radius 1 is 1.19 bits per heavy atom. The monoisotopic (exact) mass is 304 g/mol. The molecule has 0 unspecified atom stereocenters. The lowest BCUT2D eigenvalue weighted by atomic mass is 10.0. The first kappa shape index (κ1) is 14.1. The van der Waals surface area contributed by atoms with Crippen LogP contribution in [0.15, 0.2) is 42.5 Å². The zero-order valence-electron chi connectivity index (χ0n) is 11.3. The fourth-order valence-corrected chi connectivity index (χ4v) is 2.27. The van der Waals surface area contributed by atoms with Crippen LogP contribution < -0.4 is 4.74 Å². The third kappa shape index (κ3) is 3.61. The number of halogens is 2. The molecule has 108 valence electrons. The number of hydrogen-bond acceptors (Lipinski definition) is 2. The van der Waals surface area contributed by atoms with Crippen LogP contribution in [0.5, 0.6) is 5.75 Å². The lowest BCUT2D eigenvalue weighted by Gasteiger charge is -2.06. The Labute approximate surface area is 127 Å². The molecule has 1 saturated carbocycles. The second-order valence-electron chi connectivity index (χ2n) is 5.18. The minimum absolute atomic E-state index is 0.0542. The molecule has 0 N–H and O–H groups in total. The molecule has 2 nitrogen and oxygen atoms in total. The lowest BCUT2D eigenvalue weighted by molar-refractivity contribution is 0.0993. The maximum absolute atomic E-state index is 13.0. The van der Waals surface area contributed by atoms with E-state index in [0.717, 1.165) is 18.6 Å². The number of carbonyl (C=O) groups excluding carboxylic acids is 1. The minimum atomic E-state index is -0.405. The summed E-state index contributed by atoms with van der Waals surface area (Å²) in [6.07, 6.45) is 2.69. The van der Waals surface area contributed by atoms with Gasteiger partial charge in [-0.15, -0.1) is 0 Å². The number of Topliss-reactive ketones (excluding diaryl/α,β-unsaturated/α-hetero) is 1. The molecule has 0 atom stereocenters. The summed E-state index contributed by atoms with van der Waals surface area (Å²) in [4.78, 5) is 12.2. The Morgan fingerprint density at radius 3 is 2.52 bits per heavy atom. The molecule has 2 aromatic carbocycles. The molecule has 1 aliphatic rings. The van der Waals surface area contributed by atoms with Crippen LogP contribution in [-0.4, -0.2) is 11.9 Å². The SMILES string of the molecule is O=C(Cc1ccc(F)cc1Cl)c1ccc(OC2CC2)cc1. The van der Waals surface area contributed by atoms with Crippen molar-refractivity contribution in [3.63, 3.8) is 0 Å². The molecule has 0 aliphatic heterocycles. The summed E-state index contributed by atoms with van der Waals surface area (Å²) < 4.78 is 18.6. The largest absolute Gasteiger partial charge is 0.490 e. The van der Waals surface area contributed by atoms with E-state index in [1.807, 2.05) is 0 Å². The molecular formula is C17H14ClFO2. The van der Waals surface area contributed by atoms with Gasteiger partial charge in [-0.2, -0.15) is 0 Å². The second-order valence-corrected chi connectivity index (χ2v) is 5.58. The van der Waals surface area contributed by atoms with Crippen molar-refractivity contribution in [2.45, 2.75) is 25.4 Å². The fourth-order valence-electron chi connectivity index (χ4n) is 2.04. The molecule has 0 aromatic heterocycles. The van der Waals surface area contributed by atoms with Gasteiger partial charge >= 0.3 is 0 Å². The first-order valence-corrected chi connectivity index (χ1v) is 7.23. The zero-order chi connectivity index (χ0) is 14.8. The van der Waals surface area contributed by atoms with Crippen molar-refractivity contribution < 1.29 is 13.9 Å². The van der Waals surface area contributed by atoms with E-state index in [-0.39, 0.29) is 17.2 Å². The van der Waals surface area contributed by atoms with Crippen LogP contribution in [0.4, 0.5) is 4.39 Å². The van der Waals surface area contributed by atoms with Crippen molar-refractivity contribution >= 4 is 17.4 Å². The van der Waals surface area contributed by atoms with Gasteiger partial charge in [0.05, 0.1) is 6.10 Å². The summed E-state index contributed by atoms with van der Waals surface area (Å²) >= 11 is 5.94. The highest BCUT2D eigenvalue weighted by molar-refractivity contribution is 6.31. The molecule has 1 aliphatic carbocycles. The molecule has 4 heteroatoms. The van der Waals surface area contributed by atoms with E-state index in [4.69, 9.17) is 16.3 Å². The van der Waals surface area contributed by atoms with Gasteiger partial charge in [-0.3, -0.25) is 4.79 Å². The molecule has 2 aromatic rings. The first-order valence-electron chi connectivity index (χ1n) is 6.85. The molecule has 0 bridgehead atoms. The van der Waals surface area contributed by atoms with Crippen molar-refractivity contribution in [1.29, 1.82) is 0 Å². The van der Waals surface area contributed by atoms with Crippen LogP contribution >= 0.6 is 11.6 Å². The number of rotatable bonds is 5. The Hall–Kier alpha value is -1.87. The molecule has 1 fully saturated rings. The molecule has 0 radical (unpaired) electrons. The normalized spacial score (nSPS) is 14.0. The van der Waals surface area contributed by atoms with Gasteiger partial charge < -0.3 is 4.74 Å². The smallest absolute Gasteiger partial charge is 0.167 e. The van der Waals surface area contributed by atoms with E-state index in [0.29, 0.717) is 17.2 Å². The summed E-state index contributed by atoms with van der Waals surface area (Å²) in [5.74, 6) is 0.327. The molecule has 0 amide bonds. The maximum Gasteiger partial charge on any atom is 0.167 e. The summed E-state index contributed by atoms with van der Waals surface area (Å²) in [6.45, 7) is 0. The Bertz CT molecular complexity index is 663. The van der Waals surface area contributed by atoms with E-state index < -0.39 is 5.82 Å². The number of hydrogen-bond donors (Lipinski definition) is 0. The second kappa shape index (κ2) is 5.86. The molecule has 21 heavy (non-hydrogen) atoms. The number of benzene rings is 2. The quantitative estimate of drug-likeness (QED) is 0.763. The van der Waals surface area contributed by atoms with Crippen molar-refractivity contribution in [3.8, 4) is 5.75 Å². The summed E-state index contributed by atoms with van der Waals surface area (Å²) in [5, 5.41) is 0.275. The Balaban J connectivity index is 1.69. The van der Waals surface area contributed by atoms with Crippen molar-refractivity contribution in [2.75, 3.05) is 0 Å². The van der Waals surface area contributed by atoms with E-state index in [1.54, 1.807) is 30.3 Å². The van der Waals surface area contributed by atoms with Gasteiger partial charge in [0.25, 0.3) is 0 Å². The average Bonchev–Trinajstić information content (AvgIpc) is 3.26. The van der Waals surface area contributed by atoms with Crippen LogP contribution in [0.1, 0.15) is 28.8 Å². The van der Waals surface area contributed by atoms with Gasteiger partial charge in [0.1, 0.15) is 11.6 Å². The van der Waals surface area contributed by atoms with E-state index >= 15 is 0 Å². The molecular weight excluding hydrogens is 291 g/mol. The van der Waals surface area contributed by atoms with Crippen LogP contribution in [0.2, 0.25) is 5.02 Å². The highest BCUT2D eigenvalue weighted by Gasteiger charge is 2.23. The summed E-state index contributed by atoms with van der Waals surface area (Å²) in [7, 11) is 0. The van der Waals surface area contributed by atoms with Crippen LogP contribution in [0, 0.1) is 5.82 Å². The van der Waals surface area contributed by atoms with Crippen molar-refractivity contribution in [3.05, 3.63) is 64.4 Å². The van der Waals surface area contributed by atoms with E-state index in [9.17, 15) is 9.18 Å². The molecule has 3 rings (SSSR count). The van der Waals surface area contributed by atoms with Gasteiger partial charge in [0.2, 0.25) is 0 Å². The summed E-state index contributed by atoms with van der Waals surface area (Å²) in [5.41, 5.74) is 1.22. The lowest BCUT2D eigenvalue weighted by Crippen LogP contribution is -2.04. The molecule has 0 heterocycles. The highest BCUT2D eigenvalue weighted by atomic mass is 35.5. The Morgan fingerprint density at radius 2 is 1.90 bits per heavy atom. The van der Waals surface area contributed by atoms with Crippen LogP contribution in [-0.2, 0) is 6.42 Å². The predicted octanol–water partition coefficient (Wildman–Crippen LogP) is 4.45. The van der Waals surface area contributed by atoms with E-state index in [2.05, 4.69) is 0 Å². The highest BCUT2D eigenvalue weighted by Crippen LogP contribution is 2.27. The van der Waals surface area contributed by atoms with Crippen LogP contribution in [0.25, 0.3) is 0 Å². The fraction of sp³-hybridized carbons (Fsp3) is 0.235. The topological polar surface area (TPSA) is 26.3 Å². The summed E-state index contributed by atoms with van der Waals surface area (Å²) in [6, 6.07) is 11.2. The third-order valence-electron chi connectivity index (χ3n) is 3.37. The zero-order valence-corrected chi connectivity index (χ0v) is 12.1. The number of ketones is 1. The standard InChI is InChI=1S/C17H14ClFO2/c18-16-10-13(19)4-1-12(16)9-17(20)11-2-5-14(6-3-11)21-15-7-8-15/h1-6,10,15H,7-9H2. The van der Waals surface area contributed by atoms with Gasteiger partial charge in [-0.05, 0) is 54.8 Å².